The lowest BCUT2D eigenvalue weighted by molar-refractivity contribution is -0.125. The number of nitrogens with one attached hydrogen (secondary N) is 2. The van der Waals surface area contributed by atoms with E-state index in [2.05, 4.69) is 15.6 Å². The van der Waals surface area contributed by atoms with Crippen molar-refractivity contribution in [2.45, 2.75) is 13.5 Å². The number of benzene rings is 2. The second-order valence-electron chi connectivity index (χ2n) is 6.77. The number of anilines is 1. The molecule has 1 saturated heterocycles. The van der Waals surface area contributed by atoms with Crippen LogP contribution in [0.3, 0.4) is 0 Å². The molecule has 2 N–H and O–H groups in total. The second kappa shape index (κ2) is 7.31. The van der Waals surface area contributed by atoms with Crippen LogP contribution in [0.5, 0.6) is 0 Å². The molecule has 146 valence electrons. The Morgan fingerprint density at radius 3 is 2.79 bits per heavy atom. The summed E-state index contributed by atoms with van der Waals surface area (Å²) in [6.45, 7) is 1.84. The van der Waals surface area contributed by atoms with Crippen LogP contribution in [0.15, 0.2) is 48.5 Å². The maximum absolute atomic E-state index is 13.5. The van der Waals surface area contributed by atoms with E-state index in [1.54, 1.807) is 37.3 Å². The van der Waals surface area contributed by atoms with Crippen molar-refractivity contribution in [1.29, 1.82) is 0 Å². The standard InChI is InChI=1S/C21H17FN4O3/c1-12-7-17(16-6-5-14(22)9-18(16)24-12)20(28)25-15-4-2-3-13(8-15)11-26-19(27)10-23-21(26)29/h2-9H,10-11H2,1H3,(H,23,29)(H,25,28). The quantitative estimate of drug-likeness (QED) is 0.668. The number of carbonyl (C=O) groups is 3. The first-order chi connectivity index (χ1) is 13.9. The van der Waals surface area contributed by atoms with E-state index in [9.17, 15) is 18.8 Å². The average Bonchev–Trinajstić information content (AvgIpc) is 2.99. The molecule has 0 atom stereocenters. The summed E-state index contributed by atoms with van der Waals surface area (Å²) in [6, 6.07) is 12.2. The molecular formula is C21H17FN4O3. The number of aromatic nitrogens is 1. The predicted octanol–water partition coefficient (Wildman–Crippen LogP) is 2.99. The van der Waals surface area contributed by atoms with Crippen molar-refractivity contribution in [1.82, 2.24) is 15.2 Å². The molecule has 1 fully saturated rings. The number of amides is 4. The number of urea groups is 1. The van der Waals surface area contributed by atoms with Crippen molar-refractivity contribution in [3.63, 3.8) is 0 Å². The van der Waals surface area contributed by atoms with Gasteiger partial charge in [0.25, 0.3) is 5.91 Å². The SMILES string of the molecule is Cc1cc(C(=O)Nc2cccc(CN3C(=O)CNC3=O)c2)c2ccc(F)cc2n1. The number of halogens is 1. The van der Waals surface area contributed by atoms with Gasteiger partial charge in [-0.05, 0) is 42.8 Å². The summed E-state index contributed by atoms with van der Waals surface area (Å²) < 4.78 is 13.5. The van der Waals surface area contributed by atoms with Gasteiger partial charge in [-0.25, -0.2) is 9.18 Å². The highest BCUT2D eigenvalue weighted by molar-refractivity contribution is 6.12. The molecular weight excluding hydrogens is 375 g/mol. The molecule has 0 spiro atoms. The number of imide groups is 1. The van der Waals surface area contributed by atoms with Crippen LogP contribution in [0.25, 0.3) is 10.9 Å². The first-order valence-electron chi connectivity index (χ1n) is 8.96. The van der Waals surface area contributed by atoms with Crippen LogP contribution in [0.4, 0.5) is 14.9 Å². The maximum atomic E-state index is 13.5. The summed E-state index contributed by atoms with van der Waals surface area (Å²) in [6.07, 6.45) is 0. The Bertz CT molecular complexity index is 1140. The fourth-order valence-electron chi connectivity index (χ4n) is 3.27. The van der Waals surface area contributed by atoms with Crippen LogP contribution in [-0.2, 0) is 11.3 Å². The molecule has 7 nitrogen and oxygen atoms in total. The van der Waals surface area contributed by atoms with Crippen molar-refractivity contribution in [2.75, 3.05) is 11.9 Å². The number of nitrogens with zero attached hydrogens (tertiary/aromatic N) is 2. The maximum Gasteiger partial charge on any atom is 0.324 e. The van der Waals surface area contributed by atoms with Gasteiger partial charge in [0.05, 0.1) is 24.2 Å². The van der Waals surface area contributed by atoms with E-state index in [-0.39, 0.29) is 24.9 Å². The summed E-state index contributed by atoms with van der Waals surface area (Å²) >= 11 is 0. The van der Waals surface area contributed by atoms with Crippen LogP contribution >= 0.6 is 0 Å². The van der Waals surface area contributed by atoms with Crippen LogP contribution < -0.4 is 10.6 Å². The molecule has 0 bridgehead atoms. The number of rotatable bonds is 4. The highest BCUT2D eigenvalue weighted by Gasteiger charge is 2.28. The minimum absolute atomic E-state index is 0.00960. The van der Waals surface area contributed by atoms with E-state index >= 15 is 0 Å². The fraction of sp³-hybridized carbons (Fsp3) is 0.143. The van der Waals surface area contributed by atoms with E-state index in [4.69, 9.17) is 0 Å². The number of pyridine rings is 1. The van der Waals surface area contributed by atoms with Crippen LogP contribution in [0.1, 0.15) is 21.6 Å². The van der Waals surface area contributed by atoms with Gasteiger partial charge < -0.3 is 10.6 Å². The van der Waals surface area contributed by atoms with Crippen molar-refractivity contribution < 1.29 is 18.8 Å². The molecule has 0 saturated carbocycles. The third-order valence-corrected chi connectivity index (χ3v) is 4.61. The molecule has 4 rings (SSSR count). The first-order valence-corrected chi connectivity index (χ1v) is 8.96. The molecule has 2 aromatic carbocycles. The van der Waals surface area contributed by atoms with Gasteiger partial charge in [-0.3, -0.25) is 19.5 Å². The van der Waals surface area contributed by atoms with Gasteiger partial charge in [0.1, 0.15) is 5.82 Å². The normalized spacial score (nSPS) is 13.7. The largest absolute Gasteiger partial charge is 0.329 e. The average molecular weight is 392 g/mol. The minimum Gasteiger partial charge on any atom is -0.329 e. The van der Waals surface area contributed by atoms with Crippen molar-refractivity contribution in [3.8, 4) is 0 Å². The summed E-state index contributed by atoms with van der Waals surface area (Å²) in [5.41, 5.74) is 2.60. The number of hydrogen-bond donors (Lipinski definition) is 2. The molecule has 1 aliphatic rings. The van der Waals surface area contributed by atoms with Gasteiger partial charge in [0.2, 0.25) is 5.91 Å². The lowest BCUT2D eigenvalue weighted by atomic mass is 10.1. The highest BCUT2D eigenvalue weighted by atomic mass is 19.1. The van der Waals surface area contributed by atoms with Crippen LogP contribution in [0, 0.1) is 12.7 Å². The Hall–Kier alpha value is -3.81. The number of carbonyl (C=O) groups excluding carboxylic acids is 3. The van der Waals surface area contributed by atoms with Crippen LogP contribution in [-0.4, -0.2) is 34.3 Å². The highest BCUT2D eigenvalue weighted by Crippen LogP contribution is 2.22. The topological polar surface area (TPSA) is 91.4 Å². The summed E-state index contributed by atoms with van der Waals surface area (Å²) in [4.78, 5) is 41.7. The third-order valence-electron chi connectivity index (χ3n) is 4.61. The van der Waals surface area contributed by atoms with E-state index in [0.717, 1.165) is 4.90 Å². The zero-order valence-electron chi connectivity index (χ0n) is 15.5. The van der Waals surface area contributed by atoms with Gasteiger partial charge in [-0.2, -0.15) is 0 Å². The molecule has 1 aromatic heterocycles. The Morgan fingerprint density at radius 1 is 1.21 bits per heavy atom. The van der Waals surface area contributed by atoms with Gasteiger partial charge in [-0.15, -0.1) is 0 Å². The molecule has 4 amide bonds. The van der Waals surface area contributed by atoms with Crippen molar-refractivity contribution in [3.05, 3.63) is 71.2 Å². The Kier molecular flexibility index (Phi) is 4.67. The summed E-state index contributed by atoms with van der Waals surface area (Å²) in [5.74, 6) is -1.08. The summed E-state index contributed by atoms with van der Waals surface area (Å²) in [7, 11) is 0. The number of aryl methyl sites for hydroxylation is 1. The molecule has 0 aliphatic carbocycles. The number of fused-ring (bicyclic) bond motifs is 1. The van der Waals surface area contributed by atoms with Gasteiger partial charge in [-0.1, -0.05) is 12.1 Å². The Balaban J connectivity index is 1.59. The minimum atomic E-state index is -0.435. The fourth-order valence-corrected chi connectivity index (χ4v) is 3.27. The molecule has 3 aromatic rings. The smallest absolute Gasteiger partial charge is 0.324 e. The molecule has 1 aliphatic heterocycles. The molecule has 0 unspecified atom stereocenters. The zero-order valence-corrected chi connectivity index (χ0v) is 15.5. The molecule has 8 heteroatoms. The monoisotopic (exact) mass is 392 g/mol. The third kappa shape index (κ3) is 3.77. The first kappa shape index (κ1) is 18.5. The van der Waals surface area contributed by atoms with Gasteiger partial charge >= 0.3 is 6.03 Å². The van der Waals surface area contributed by atoms with Gasteiger partial charge in [0, 0.05) is 22.8 Å². The second-order valence-corrected chi connectivity index (χ2v) is 6.77. The lowest BCUT2D eigenvalue weighted by Crippen LogP contribution is -2.30. The molecule has 2 heterocycles. The summed E-state index contributed by atoms with van der Waals surface area (Å²) in [5, 5.41) is 5.83. The lowest BCUT2D eigenvalue weighted by Gasteiger charge is -2.14. The van der Waals surface area contributed by atoms with Crippen molar-refractivity contribution >= 4 is 34.4 Å². The zero-order chi connectivity index (χ0) is 20.5. The Morgan fingerprint density at radius 2 is 2.03 bits per heavy atom. The Labute approximate surface area is 165 Å². The van der Waals surface area contributed by atoms with E-state index in [1.807, 2.05) is 0 Å². The van der Waals surface area contributed by atoms with Crippen molar-refractivity contribution in [2.24, 2.45) is 0 Å². The molecule has 29 heavy (non-hydrogen) atoms. The number of hydrogen-bond acceptors (Lipinski definition) is 4. The molecule has 0 radical (unpaired) electrons. The van der Waals surface area contributed by atoms with E-state index in [0.29, 0.717) is 33.4 Å². The van der Waals surface area contributed by atoms with Crippen LogP contribution in [0.2, 0.25) is 0 Å². The van der Waals surface area contributed by atoms with Gasteiger partial charge in [0.15, 0.2) is 0 Å². The predicted molar refractivity (Wildman–Crippen MR) is 105 cm³/mol. The van der Waals surface area contributed by atoms with E-state index < -0.39 is 11.8 Å². The van der Waals surface area contributed by atoms with E-state index in [1.165, 1.54) is 18.2 Å².